The highest BCUT2D eigenvalue weighted by Crippen LogP contribution is 2.22. The lowest BCUT2D eigenvalue weighted by atomic mass is 10.4. The fourth-order valence-electron chi connectivity index (χ4n) is 1.21. The standard InChI is InChI=1S/C11H12N2O7S/c1-19-10(17)9-6(2-3-21-9)12-11(18)13-7(14)4-20-5-8(15)16/h2-3H,4-5H2,1H3,(H,15,16)(H2,12,13,14,18). The smallest absolute Gasteiger partial charge is 0.350 e. The van der Waals surface area contributed by atoms with Crippen LogP contribution in [0.4, 0.5) is 10.5 Å². The Balaban J connectivity index is 2.47. The van der Waals surface area contributed by atoms with Crippen molar-refractivity contribution < 1.29 is 33.8 Å². The van der Waals surface area contributed by atoms with Gasteiger partial charge >= 0.3 is 18.0 Å². The lowest BCUT2D eigenvalue weighted by Crippen LogP contribution is -2.37. The summed E-state index contributed by atoms with van der Waals surface area (Å²) in [5, 5.41) is 14.1. The Bertz CT molecular complexity index is 555. The van der Waals surface area contributed by atoms with Gasteiger partial charge in [-0.1, -0.05) is 0 Å². The van der Waals surface area contributed by atoms with E-state index in [1.54, 1.807) is 5.38 Å². The first kappa shape index (κ1) is 16.6. The normalized spacial score (nSPS) is 9.76. The van der Waals surface area contributed by atoms with Crippen molar-refractivity contribution in [3.63, 3.8) is 0 Å². The average molecular weight is 316 g/mol. The number of hydrogen-bond donors (Lipinski definition) is 3. The van der Waals surface area contributed by atoms with Gasteiger partial charge in [-0.25, -0.2) is 14.4 Å². The van der Waals surface area contributed by atoms with Crippen LogP contribution in [0.5, 0.6) is 0 Å². The van der Waals surface area contributed by atoms with Crippen molar-refractivity contribution in [1.29, 1.82) is 0 Å². The Morgan fingerprint density at radius 3 is 2.62 bits per heavy atom. The van der Waals surface area contributed by atoms with Gasteiger partial charge in [-0.2, -0.15) is 0 Å². The van der Waals surface area contributed by atoms with E-state index < -0.39 is 37.1 Å². The van der Waals surface area contributed by atoms with Gasteiger partial charge in [0.05, 0.1) is 12.8 Å². The summed E-state index contributed by atoms with van der Waals surface area (Å²) in [6.07, 6.45) is 0. The van der Waals surface area contributed by atoms with Crippen LogP contribution < -0.4 is 10.6 Å². The number of thiophene rings is 1. The first-order valence-electron chi connectivity index (χ1n) is 5.50. The number of carbonyl (C=O) groups is 4. The number of esters is 1. The molecular weight excluding hydrogens is 304 g/mol. The predicted octanol–water partition coefficient (Wildman–Crippen LogP) is 0.284. The van der Waals surface area contributed by atoms with Crippen LogP contribution in [0.1, 0.15) is 9.67 Å². The zero-order chi connectivity index (χ0) is 15.8. The lowest BCUT2D eigenvalue weighted by molar-refractivity contribution is -0.143. The van der Waals surface area contributed by atoms with Crippen LogP contribution in [0.3, 0.4) is 0 Å². The van der Waals surface area contributed by atoms with Crippen LogP contribution >= 0.6 is 11.3 Å². The van der Waals surface area contributed by atoms with E-state index in [0.717, 1.165) is 11.3 Å². The topological polar surface area (TPSA) is 131 Å². The molecule has 9 nitrogen and oxygen atoms in total. The lowest BCUT2D eigenvalue weighted by Gasteiger charge is -2.06. The molecule has 0 saturated carbocycles. The van der Waals surface area contributed by atoms with Gasteiger partial charge in [0.2, 0.25) is 0 Å². The SMILES string of the molecule is COC(=O)c1sccc1NC(=O)NC(=O)COCC(=O)O. The highest BCUT2D eigenvalue weighted by atomic mass is 32.1. The summed E-state index contributed by atoms with van der Waals surface area (Å²) < 4.78 is 9.04. The van der Waals surface area contributed by atoms with Crippen LogP contribution in [0, 0.1) is 0 Å². The Labute approximate surface area is 122 Å². The summed E-state index contributed by atoms with van der Waals surface area (Å²) in [5.74, 6) is -2.66. The van der Waals surface area contributed by atoms with E-state index in [9.17, 15) is 19.2 Å². The fourth-order valence-corrected chi connectivity index (χ4v) is 1.97. The van der Waals surface area contributed by atoms with Crippen molar-refractivity contribution in [2.45, 2.75) is 0 Å². The van der Waals surface area contributed by atoms with Gasteiger partial charge in [-0.3, -0.25) is 10.1 Å². The maximum absolute atomic E-state index is 11.5. The number of anilines is 1. The van der Waals surface area contributed by atoms with Crippen molar-refractivity contribution in [2.75, 3.05) is 25.6 Å². The third-order valence-electron chi connectivity index (χ3n) is 2.00. The Hall–Kier alpha value is -2.46. The van der Waals surface area contributed by atoms with Gasteiger partial charge in [-0.05, 0) is 11.4 Å². The third-order valence-corrected chi connectivity index (χ3v) is 2.89. The number of carbonyl (C=O) groups excluding carboxylic acids is 3. The molecule has 114 valence electrons. The molecule has 0 aromatic carbocycles. The molecule has 0 aliphatic rings. The highest BCUT2D eigenvalue weighted by Gasteiger charge is 2.16. The van der Waals surface area contributed by atoms with Gasteiger partial charge in [-0.15, -0.1) is 11.3 Å². The zero-order valence-electron chi connectivity index (χ0n) is 10.9. The molecule has 0 unspecified atom stereocenters. The van der Waals surface area contributed by atoms with Crippen LogP contribution in [-0.4, -0.2) is 49.3 Å². The number of carboxylic acid groups (broad SMARTS) is 1. The van der Waals surface area contributed by atoms with Crippen LogP contribution in [0.15, 0.2) is 11.4 Å². The molecule has 0 radical (unpaired) electrons. The quantitative estimate of drug-likeness (QED) is 0.642. The molecule has 21 heavy (non-hydrogen) atoms. The van der Waals surface area contributed by atoms with E-state index in [1.165, 1.54) is 13.2 Å². The summed E-state index contributed by atoms with van der Waals surface area (Å²) in [4.78, 5) is 44.5. The van der Waals surface area contributed by atoms with Gasteiger partial charge in [0.1, 0.15) is 18.1 Å². The second-order valence-corrected chi connectivity index (χ2v) is 4.46. The molecule has 1 rings (SSSR count). The van der Waals surface area contributed by atoms with Gasteiger partial charge in [0.25, 0.3) is 5.91 Å². The van der Waals surface area contributed by atoms with E-state index in [1.807, 2.05) is 5.32 Å². The Morgan fingerprint density at radius 1 is 1.29 bits per heavy atom. The molecular formula is C11H12N2O7S. The molecule has 0 fully saturated rings. The van der Waals surface area contributed by atoms with Crippen molar-refractivity contribution in [3.05, 3.63) is 16.3 Å². The molecule has 0 aliphatic carbocycles. The minimum atomic E-state index is -1.23. The summed E-state index contributed by atoms with van der Waals surface area (Å²) in [6.45, 7) is -1.22. The maximum atomic E-state index is 11.5. The highest BCUT2D eigenvalue weighted by molar-refractivity contribution is 7.12. The number of methoxy groups -OCH3 is 1. The monoisotopic (exact) mass is 316 g/mol. The summed E-state index contributed by atoms with van der Waals surface area (Å²) in [7, 11) is 1.20. The average Bonchev–Trinajstić information content (AvgIpc) is 2.85. The number of amides is 3. The second-order valence-electron chi connectivity index (χ2n) is 3.54. The van der Waals surface area contributed by atoms with E-state index in [0.29, 0.717) is 0 Å². The van der Waals surface area contributed by atoms with Gasteiger partial charge in [0.15, 0.2) is 0 Å². The molecule has 3 amide bonds. The number of hydrogen-bond acceptors (Lipinski definition) is 7. The number of imide groups is 1. The Kier molecular flexibility index (Phi) is 6.30. The van der Waals surface area contributed by atoms with Crippen LogP contribution in [0.2, 0.25) is 0 Å². The van der Waals surface area contributed by atoms with Crippen molar-refractivity contribution in [2.24, 2.45) is 0 Å². The van der Waals surface area contributed by atoms with E-state index in [2.05, 4.69) is 14.8 Å². The number of nitrogens with one attached hydrogen (secondary N) is 2. The third kappa shape index (κ3) is 5.58. The largest absolute Gasteiger partial charge is 0.480 e. The number of ether oxygens (including phenoxy) is 2. The van der Waals surface area contributed by atoms with E-state index in [4.69, 9.17) is 5.11 Å². The van der Waals surface area contributed by atoms with Crippen LogP contribution in [0.25, 0.3) is 0 Å². The molecule has 0 saturated heterocycles. The molecule has 3 N–H and O–H groups in total. The number of urea groups is 1. The zero-order valence-corrected chi connectivity index (χ0v) is 11.7. The molecule has 0 atom stereocenters. The van der Waals surface area contributed by atoms with Gasteiger partial charge in [0, 0.05) is 0 Å². The first-order chi connectivity index (χ1) is 9.93. The molecule has 10 heteroatoms. The van der Waals surface area contributed by atoms with E-state index in [-0.39, 0.29) is 10.6 Å². The summed E-state index contributed by atoms with van der Waals surface area (Å²) >= 11 is 1.07. The minimum absolute atomic E-state index is 0.183. The minimum Gasteiger partial charge on any atom is -0.480 e. The molecule has 1 aromatic heterocycles. The number of rotatable bonds is 6. The summed E-state index contributed by atoms with van der Waals surface area (Å²) in [6, 6.07) is 0.601. The van der Waals surface area contributed by atoms with Crippen molar-refractivity contribution in [1.82, 2.24) is 5.32 Å². The molecule has 1 heterocycles. The summed E-state index contributed by atoms with van der Waals surface area (Å²) in [5.41, 5.74) is 0.198. The van der Waals surface area contributed by atoms with Crippen LogP contribution in [-0.2, 0) is 19.1 Å². The van der Waals surface area contributed by atoms with E-state index >= 15 is 0 Å². The molecule has 0 spiro atoms. The molecule has 0 bridgehead atoms. The van der Waals surface area contributed by atoms with Crippen molar-refractivity contribution in [3.8, 4) is 0 Å². The molecule has 0 aliphatic heterocycles. The van der Waals surface area contributed by atoms with Gasteiger partial charge < -0.3 is 19.9 Å². The molecule has 1 aromatic rings. The Morgan fingerprint density at radius 2 is 2.00 bits per heavy atom. The van der Waals surface area contributed by atoms with Crippen molar-refractivity contribution >= 4 is 40.9 Å². The number of aliphatic carboxylic acids is 1. The predicted molar refractivity (Wildman–Crippen MR) is 71.3 cm³/mol. The fraction of sp³-hybridized carbons (Fsp3) is 0.273. The first-order valence-corrected chi connectivity index (χ1v) is 6.38. The maximum Gasteiger partial charge on any atom is 0.350 e. The second kappa shape index (κ2) is 7.97. The number of carboxylic acids is 1.